The number of piperazine rings is 1. The lowest BCUT2D eigenvalue weighted by Crippen LogP contribution is -2.49. The zero-order valence-corrected chi connectivity index (χ0v) is 14.7. The van der Waals surface area contributed by atoms with Gasteiger partial charge in [0.15, 0.2) is 0 Å². The number of aromatic nitrogens is 2. The maximum Gasteiger partial charge on any atom is 0.227 e. The summed E-state index contributed by atoms with van der Waals surface area (Å²) in [6, 6.07) is 7.91. The van der Waals surface area contributed by atoms with Gasteiger partial charge in [0.2, 0.25) is 5.91 Å². The van der Waals surface area contributed by atoms with E-state index < -0.39 is 0 Å². The Kier molecular flexibility index (Phi) is 4.91. The lowest BCUT2D eigenvalue weighted by molar-refractivity contribution is -0.130. The Labute approximate surface area is 144 Å². The van der Waals surface area contributed by atoms with Gasteiger partial charge >= 0.3 is 0 Å². The quantitative estimate of drug-likeness (QED) is 0.827. The van der Waals surface area contributed by atoms with Crippen molar-refractivity contribution < 1.29 is 4.79 Å². The van der Waals surface area contributed by atoms with Crippen LogP contribution in [-0.2, 0) is 11.2 Å². The lowest BCUT2D eigenvalue weighted by Gasteiger charge is -2.35. The predicted octanol–water partition coefficient (Wildman–Crippen LogP) is 2.44. The Hall–Kier alpha value is -1.95. The fourth-order valence-electron chi connectivity index (χ4n) is 2.63. The number of rotatable bonds is 3. The minimum absolute atomic E-state index is 0.166. The molecule has 1 amide bonds. The van der Waals surface area contributed by atoms with E-state index in [2.05, 4.69) is 30.8 Å². The topological polar surface area (TPSA) is 49.3 Å². The van der Waals surface area contributed by atoms with Crippen LogP contribution in [0.4, 0.5) is 5.82 Å². The van der Waals surface area contributed by atoms with Gasteiger partial charge in [0.1, 0.15) is 5.82 Å². The number of anilines is 1. The number of amides is 1. The monoisotopic (exact) mass is 374 g/mol. The molecule has 3 rings (SSSR count). The summed E-state index contributed by atoms with van der Waals surface area (Å²) in [7, 11) is 0. The van der Waals surface area contributed by atoms with Crippen molar-refractivity contribution >= 4 is 27.7 Å². The molecule has 0 bridgehead atoms. The summed E-state index contributed by atoms with van der Waals surface area (Å²) in [6.07, 6.45) is 4.01. The summed E-state index contributed by atoms with van der Waals surface area (Å²) in [5.74, 6) is 1.13. The van der Waals surface area contributed by atoms with Crippen LogP contribution in [0.15, 0.2) is 41.1 Å². The molecule has 0 aromatic carbocycles. The predicted molar refractivity (Wildman–Crippen MR) is 93.4 cm³/mol. The van der Waals surface area contributed by atoms with Crippen LogP contribution in [0.1, 0.15) is 11.3 Å². The molecule has 3 heterocycles. The Morgan fingerprint density at radius 2 is 1.87 bits per heavy atom. The molecular formula is C17H19BrN4O. The third kappa shape index (κ3) is 4.07. The number of aryl methyl sites for hydroxylation is 1. The van der Waals surface area contributed by atoms with Gasteiger partial charge in [-0.2, -0.15) is 0 Å². The molecular weight excluding hydrogens is 356 g/mol. The van der Waals surface area contributed by atoms with E-state index in [0.29, 0.717) is 6.42 Å². The molecule has 6 heteroatoms. The van der Waals surface area contributed by atoms with E-state index in [-0.39, 0.29) is 5.91 Å². The van der Waals surface area contributed by atoms with E-state index in [1.165, 1.54) is 0 Å². The van der Waals surface area contributed by atoms with Crippen LogP contribution >= 0.6 is 15.9 Å². The molecule has 1 fully saturated rings. The van der Waals surface area contributed by atoms with E-state index in [1.807, 2.05) is 36.1 Å². The number of halogens is 1. The van der Waals surface area contributed by atoms with Crippen LogP contribution in [0.3, 0.4) is 0 Å². The second-order valence-electron chi connectivity index (χ2n) is 5.69. The van der Waals surface area contributed by atoms with Gasteiger partial charge in [-0.05, 0) is 46.6 Å². The summed E-state index contributed by atoms with van der Waals surface area (Å²) in [6.45, 7) is 5.03. The van der Waals surface area contributed by atoms with E-state index in [0.717, 1.165) is 47.7 Å². The zero-order valence-electron chi connectivity index (χ0n) is 13.1. The minimum atomic E-state index is 0.166. The summed E-state index contributed by atoms with van der Waals surface area (Å²) < 4.78 is 0.974. The van der Waals surface area contributed by atoms with Gasteiger partial charge in [-0.1, -0.05) is 6.07 Å². The molecule has 1 saturated heterocycles. The maximum atomic E-state index is 12.4. The maximum absolute atomic E-state index is 12.4. The largest absolute Gasteiger partial charge is 0.353 e. The molecule has 2 aromatic heterocycles. The third-order valence-electron chi connectivity index (χ3n) is 4.00. The van der Waals surface area contributed by atoms with Crippen LogP contribution < -0.4 is 4.90 Å². The van der Waals surface area contributed by atoms with Gasteiger partial charge in [-0.15, -0.1) is 0 Å². The van der Waals surface area contributed by atoms with Gasteiger partial charge in [0.05, 0.1) is 6.42 Å². The normalized spacial score (nSPS) is 14.9. The fraction of sp³-hybridized carbons (Fsp3) is 0.353. The van der Waals surface area contributed by atoms with Crippen LogP contribution in [-0.4, -0.2) is 47.0 Å². The van der Waals surface area contributed by atoms with Crippen molar-refractivity contribution in [2.45, 2.75) is 13.3 Å². The van der Waals surface area contributed by atoms with Crippen LogP contribution in [0.5, 0.6) is 0 Å². The molecule has 0 unspecified atom stereocenters. The lowest BCUT2D eigenvalue weighted by atomic mass is 10.1. The molecule has 1 aliphatic heterocycles. The minimum Gasteiger partial charge on any atom is -0.353 e. The molecule has 0 N–H and O–H groups in total. The van der Waals surface area contributed by atoms with Gasteiger partial charge < -0.3 is 9.80 Å². The highest BCUT2D eigenvalue weighted by atomic mass is 79.9. The Balaban J connectivity index is 1.54. The number of hydrogen-bond donors (Lipinski definition) is 0. The Morgan fingerprint density at radius 3 is 2.48 bits per heavy atom. The van der Waals surface area contributed by atoms with Crippen molar-refractivity contribution in [1.82, 2.24) is 14.9 Å². The third-order valence-corrected chi connectivity index (χ3v) is 4.47. The Bertz CT molecular complexity index is 664. The zero-order chi connectivity index (χ0) is 16.2. The summed E-state index contributed by atoms with van der Waals surface area (Å²) >= 11 is 3.39. The molecule has 0 radical (unpaired) electrons. The van der Waals surface area contributed by atoms with Crippen molar-refractivity contribution in [3.05, 3.63) is 52.4 Å². The second kappa shape index (κ2) is 7.08. The number of carbonyl (C=O) groups is 1. The standard InChI is InChI=1S/C17H19BrN4O/c1-13-2-3-14(11-19-13)10-17(23)22-8-6-21(7-9-22)16-5-4-15(18)12-20-16/h2-5,11-12H,6-10H2,1H3. The first-order chi connectivity index (χ1) is 11.1. The Morgan fingerprint density at radius 1 is 1.09 bits per heavy atom. The number of hydrogen-bond acceptors (Lipinski definition) is 4. The van der Waals surface area contributed by atoms with E-state index in [4.69, 9.17) is 0 Å². The van der Waals surface area contributed by atoms with Crippen LogP contribution in [0.2, 0.25) is 0 Å². The van der Waals surface area contributed by atoms with Gasteiger partial charge in [0, 0.05) is 48.7 Å². The second-order valence-corrected chi connectivity index (χ2v) is 6.60. The van der Waals surface area contributed by atoms with Crippen LogP contribution in [0.25, 0.3) is 0 Å². The molecule has 0 aliphatic carbocycles. The average molecular weight is 375 g/mol. The highest BCUT2D eigenvalue weighted by Gasteiger charge is 2.21. The van der Waals surface area contributed by atoms with E-state index >= 15 is 0 Å². The average Bonchev–Trinajstić information content (AvgIpc) is 2.58. The molecule has 0 atom stereocenters. The number of pyridine rings is 2. The summed E-state index contributed by atoms with van der Waals surface area (Å²) in [5, 5.41) is 0. The fourth-order valence-corrected chi connectivity index (χ4v) is 2.86. The highest BCUT2D eigenvalue weighted by Crippen LogP contribution is 2.17. The number of nitrogens with zero attached hydrogens (tertiary/aromatic N) is 4. The molecule has 23 heavy (non-hydrogen) atoms. The SMILES string of the molecule is Cc1ccc(CC(=O)N2CCN(c3ccc(Br)cn3)CC2)cn1. The van der Waals surface area contributed by atoms with Gasteiger partial charge in [0.25, 0.3) is 0 Å². The first kappa shape index (κ1) is 15.9. The molecule has 120 valence electrons. The molecule has 0 saturated carbocycles. The first-order valence-electron chi connectivity index (χ1n) is 7.67. The van der Waals surface area contributed by atoms with E-state index in [1.54, 1.807) is 12.4 Å². The molecule has 0 spiro atoms. The summed E-state index contributed by atoms with van der Waals surface area (Å²) in [5.41, 5.74) is 1.94. The summed E-state index contributed by atoms with van der Waals surface area (Å²) in [4.78, 5) is 25.2. The van der Waals surface area contributed by atoms with Crippen molar-refractivity contribution in [2.24, 2.45) is 0 Å². The van der Waals surface area contributed by atoms with Crippen molar-refractivity contribution in [1.29, 1.82) is 0 Å². The van der Waals surface area contributed by atoms with Crippen molar-refractivity contribution in [2.75, 3.05) is 31.1 Å². The molecule has 5 nitrogen and oxygen atoms in total. The van der Waals surface area contributed by atoms with Crippen molar-refractivity contribution in [3.63, 3.8) is 0 Å². The van der Waals surface area contributed by atoms with Crippen molar-refractivity contribution in [3.8, 4) is 0 Å². The van der Waals surface area contributed by atoms with Gasteiger partial charge in [-0.3, -0.25) is 9.78 Å². The smallest absolute Gasteiger partial charge is 0.227 e. The van der Waals surface area contributed by atoms with E-state index in [9.17, 15) is 4.79 Å². The molecule has 2 aromatic rings. The van der Waals surface area contributed by atoms with Crippen LogP contribution in [0, 0.1) is 6.92 Å². The van der Waals surface area contributed by atoms with Gasteiger partial charge in [-0.25, -0.2) is 4.98 Å². The number of carbonyl (C=O) groups excluding carboxylic acids is 1. The molecule has 1 aliphatic rings. The first-order valence-corrected chi connectivity index (χ1v) is 8.47. The highest BCUT2D eigenvalue weighted by molar-refractivity contribution is 9.10.